The molecule has 2 unspecified atom stereocenters. The van der Waals surface area contributed by atoms with E-state index in [0.29, 0.717) is 0 Å². The zero-order chi connectivity index (χ0) is 28.2. The minimum atomic E-state index is -0.664. The summed E-state index contributed by atoms with van der Waals surface area (Å²) in [5.74, 6) is -3.06. The Kier molecular flexibility index (Phi) is 12.5. The highest BCUT2D eigenvalue weighted by atomic mass is 32.1. The normalized spacial score (nSPS) is 19.1. The third-order valence-electron chi connectivity index (χ3n) is 5.68. The van der Waals surface area contributed by atoms with Gasteiger partial charge in [-0.2, -0.15) is 25.3 Å². The maximum Gasteiger partial charge on any atom is 0.242 e. The highest BCUT2D eigenvalue weighted by Crippen LogP contribution is 2.18. The first-order valence-electron chi connectivity index (χ1n) is 12.1. The van der Waals surface area contributed by atoms with Crippen LogP contribution in [0.3, 0.4) is 0 Å². The van der Waals surface area contributed by atoms with E-state index in [-0.39, 0.29) is 113 Å². The molecule has 2 aliphatic heterocycles. The van der Waals surface area contributed by atoms with Crippen LogP contribution < -0.4 is 21.3 Å². The highest BCUT2D eigenvalue weighted by Gasteiger charge is 2.37. The van der Waals surface area contributed by atoms with Crippen molar-refractivity contribution in [3.05, 3.63) is 0 Å². The molecule has 4 N–H and O–H groups in total. The van der Waals surface area contributed by atoms with Crippen molar-refractivity contribution >= 4 is 72.5 Å². The third-order valence-corrected chi connectivity index (χ3v) is 6.49. The molecule has 2 heterocycles. The molecule has 2 aliphatic rings. The minimum absolute atomic E-state index is 0.0226. The van der Waals surface area contributed by atoms with Gasteiger partial charge in [0.15, 0.2) is 0 Å². The second-order valence-corrected chi connectivity index (χ2v) is 9.85. The Morgan fingerprint density at radius 3 is 1.13 bits per heavy atom. The van der Waals surface area contributed by atoms with Gasteiger partial charge in [-0.05, 0) is 0 Å². The lowest BCUT2D eigenvalue weighted by Gasteiger charge is -2.14. The molecule has 2 fully saturated rings. The number of nitrogens with one attached hydrogen (secondary N) is 4. The molecular formula is C22H32N6O8S2. The zero-order valence-electron chi connectivity index (χ0n) is 20.7. The SMILES string of the molecule is O=C(CCC(=O)NCCNC(=O)CCN1C(=O)CC(S)C1=O)NCCNC(=O)CCN1C(=O)CC(S)C1=O. The fourth-order valence-corrected chi connectivity index (χ4v) is 4.21. The quantitative estimate of drug-likeness (QED) is 0.0685. The second-order valence-electron chi connectivity index (χ2n) is 8.61. The molecule has 38 heavy (non-hydrogen) atoms. The molecule has 0 saturated carbocycles. The lowest BCUT2D eigenvalue weighted by molar-refractivity contribution is -0.140. The summed E-state index contributed by atoms with van der Waals surface area (Å²) in [6, 6.07) is 0. The van der Waals surface area contributed by atoms with E-state index in [1.165, 1.54) is 0 Å². The van der Waals surface area contributed by atoms with Gasteiger partial charge in [-0.1, -0.05) is 0 Å². The van der Waals surface area contributed by atoms with E-state index in [1.807, 2.05) is 0 Å². The van der Waals surface area contributed by atoms with Crippen LogP contribution in [0.1, 0.15) is 38.5 Å². The van der Waals surface area contributed by atoms with E-state index < -0.39 is 22.3 Å². The number of imide groups is 2. The number of hydrogen-bond donors (Lipinski definition) is 6. The molecule has 0 aromatic heterocycles. The molecule has 16 heteroatoms. The molecule has 14 nitrogen and oxygen atoms in total. The van der Waals surface area contributed by atoms with Gasteiger partial charge in [0.2, 0.25) is 47.3 Å². The van der Waals surface area contributed by atoms with Crippen molar-refractivity contribution in [2.75, 3.05) is 39.3 Å². The van der Waals surface area contributed by atoms with E-state index in [2.05, 4.69) is 46.5 Å². The molecule has 0 aromatic rings. The first kappa shape index (κ1) is 31.1. The summed E-state index contributed by atoms with van der Waals surface area (Å²) in [5.41, 5.74) is 0. The molecule has 8 amide bonds. The van der Waals surface area contributed by atoms with Crippen molar-refractivity contribution in [1.82, 2.24) is 31.1 Å². The molecule has 210 valence electrons. The molecule has 0 aliphatic carbocycles. The van der Waals surface area contributed by atoms with Gasteiger partial charge in [0, 0.05) is 77.8 Å². The van der Waals surface area contributed by atoms with E-state index >= 15 is 0 Å². The van der Waals surface area contributed by atoms with Gasteiger partial charge in [-0.15, -0.1) is 0 Å². The summed E-state index contributed by atoms with van der Waals surface area (Å²) in [4.78, 5) is 96.2. The average Bonchev–Trinajstić information content (AvgIpc) is 3.26. The molecule has 0 radical (unpaired) electrons. The molecule has 2 rings (SSSR count). The standard InChI is InChI=1S/C22H32N6O8S2/c29-15(23-5-7-25-17(31)3-9-27-19(33)11-13(37)21(27)35)1-2-16(30)24-6-8-26-18(32)4-10-28-20(34)12-14(38)22(28)36/h13-14,37-38H,1-12H2,(H,23,29)(H,24,30)(H,25,31)(H,26,32). The number of amides is 8. The Bertz CT molecular complexity index is 901. The second kappa shape index (κ2) is 15.3. The van der Waals surface area contributed by atoms with Crippen LogP contribution in [0.25, 0.3) is 0 Å². The number of thiol groups is 2. The fourth-order valence-electron chi connectivity index (χ4n) is 3.62. The Balaban J connectivity index is 1.45. The average molecular weight is 573 g/mol. The topological polar surface area (TPSA) is 191 Å². The smallest absolute Gasteiger partial charge is 0.242 e. The number of carbonyl (C=O) groups excluding carboxylic acids is 8. The van der Waals surface area contributed by atoms with Gasteiger partial charge in [0.25, 0.3) is 0 Å². The molecule has 2 saturated heterocycles. The lowest BCUT2D eigenvalue weighted by atomic mass is 10.3. The van der Waals surface area contributed by atoms with E-state index in [9.17, 15) is 38.4 Å². The van der Waals surface area contributed by atoms with Crippen molar-refractivity contribution in [2.45, 2.75) is 49.0 Å². The van der Waals surface area contributed by atoms with Gasteiger partial charge < -0.3 is 21.3 Å². The van der Waals surface area contributed by atoms with E-state index in [1.54, 1.807) is 0 Å². The summed E-state index contributed by atoms with van der Waals surface area (Å²) >= 11 is 8.02. The van der Waals surface area contributed by atoms with Crippen molar-refractivity contribution in [2.24, 2.45) is 0 Å². The molecule has 2 atom stereocenters. The summed E-state index contributed by atoms with van der Waals surface area (Å²) < 4.78 is 0. The Labute approximate surface area is 230 Å². The lowest BCUT2D eigenvalue weighted by Crippen LogP contribution is -2.39. The van der Waals surface area contributed by atoms with Crippen LogP contribution in [-0.4, -0.2) is 107 Å². The van der Waals surface area contributed by atoms with Gasteiger partial charge >= 0.3 is 0 Å². The number of likely N-dealkylation sites (tertiary alicyclic amines) is 2. The predicted octanol–water partition coefficient (Wildman–Crippen LogP) is -2.87. The Morgan fingerprint density at radius 2 is 0.868 bits per heavy atom. The minimum Gasteiger partial charge on any atom is -0.354 e. The van der Waals surface area contributed by atoms with Crippen LogP contribution in [0.4, 0.5) is 0 Å². The largest absolute Gasteiger partial charge is 0.354 e. The number of carbonyl (C=O) groups is 8. The van der Waals surface area contributed by atoms with Crippen LogP contribution >= 0.6 is 25.3 Å². The molecule has 0 aromatic carbocycles. The van der Waals surface area contributed by atoms with Crippen LogP contribution in [0.2, 0.25) is 0 Å². The third kappa shape index (κ3) is 9.96. The summed E-state index contributed by atoms with van der Waals surface area (Å²) in [7, 11) is 0. The van der Waals surface area contributed by atoms with E-state index in [4.69, 9.17) is 0 Å². The first-order chi connectivity index (χ1) is 18.0. The first-order valence-corrected chi connectivity index (χ1v) is 13.1. The van der Waals surface area contributed by atoms with Gasteiger partial charge in [0.1, 0.15) is 0 Å². The van der Waals surface area contributed by atoms with Crippen molar-refractivity contribution in [1.29, 1.82) is 0 Å². The monoisotopic (exact) mass is 572 g/mol. The van der Waals surface area contributed by atoms with Gasteiger partial charge in [-0.25, -0.2) is 0 Å². The Hall–Kier alpha value is -3.14. The summed E-state index contributed by atoms with van der Waals surface area (Å²) in [6.07, 6.45) is -0.203. The van der Waals surface area contributed by atoms with Crippen LogP contribution in [0.5, 0.6) is 0 Å². The van der Waals surface area contributed by atoms with Crippen molar-refractivity contribution < 1.29 is 38.4 Å². The van der Waals surface area contributed by atoms with Crippen molar-refractivity contribution in [3.63, 3.8) is 0 Å². The maximum absolute atomic E-state index is 11.9. The Morgan fingerprint density at radius 1 is 0.579 bits per heavy atom. The van der Waals surface area contributed by atoms with Gasteiger partial charge in [-0.3, -0.25) is 48.2 Å². The van der Waals surface area contributed by atoms with Crippen molar-refractivity contribution in [3.8, 4) is 0 Å². The van der Waals surface area contributed by atoms with Crippen LogP contribution in [-0.2, 0) is 38.4 Å². The summed E-state index contributed by atoms with van der Waals surface area (Å²) in [6.45, 7) is 0.515. The highest BCUT2D eigenvalue weighted by molar-refractivity contribution is 7.82. The van der Waals surface area contributed by atoms with Gasteiger partial charge in [0.05, 0.1) is 10.5 Å². The fraction of sp³-hybridized carbons (Fsp3) is 0.636. The predicted molar refractivity (Wildman–Crippen MR) is 139 cm³/mol. The molecular weight excluding hydrogens is 540 g/mol. The summed E-state index contributed by atoms with van der Waals surface area (Å²) in [5, 5.41) is 8.93. The van der Waals surface area contributed by atoms with Crippen LogP contribution in [0.15, 0.2) is 0 Å². The van der Waals surface area contributed by atoms with Crippen LogP contribution in [0, 0.1) is 0 Å². The number of nitrogens with zero attached hydrogens (tertiary/aromatic N) is 2. The molecule has 0 spiro atoms. The number of hydrogen-bond acceptors (Lipinski definition) is 10. The molecule has 0 bridgehead atoms. The van der Waals surface area contributed by atoms with E-state index in [0.717, 1.165) is 9.80 Å². The number of rotatable bonds is 15. The maximum atomic E-state index is 11.9. The zero-order valence-corrected chi connectivity index (χ0v) is 22.5.